The van der Waals surface area contributed by atoms with Crippen LogP contribution in [0.5, 0.6) is 0 Å². The highest BCUT2D eigenvalue weighted by Crippen LogP contribution is 2.26. The maximum Gasteiger partial charge on any atom is 0.160 e. The fourth-order valence-electron chi connectivity index (χ4n) is 2.79. The standard InChI is InChI=1S/C19H15N5/c1-3-6-18-21-16-10-9-13(11-17(16)22-18)20-19-15-8-5-4-7-14(15)12(2)23-24-19/h1,4-5,7-11H,6H2,2H3,(H,20,24)(H,21,22). The monoisotopic (exact) mass is 313 g/mol. The van der Waals surface area contributed by atoms with Crippen LogP contribution in [-0.4, -0.2) is 20.2 Å². The Balaban J connectivity index is 1.74. The number of rotatable bonds is 3. The molecule has 116 valence electrons. The predicted octanol–water partition coefficient (Wildman–Crippen LogP) is 3.73. The van der Waals surface area contributed by atoms with Gasteiger partial charge < -0.3 is 10.3 Å². The summed E-state index contributed by atoms with van der Waals surface area (Å²) in [5, 5.41) is 14.0. The van der Waals surface area contributed by atoms with E-state index in [9.17, 15) is 0 Å². The Morgan fingerprint density at radius 3 is 2.79 bits per heavy atom. The molecular formula is C19H15N5. The summed E-state index contributed by atoms with van der Waals surface area (Å²) in [6.07, 6.45) is 5.83. The van der Waals surface area contributed by atoms with Crippen molar-refractivity contribution in [2.75, 3.05) is 5.32 Å². The molecule has 0 radical (unpaired) electrons. The zero-order chi connectivity index (χ0) is 16.5. The fraction of sp³-hybridized carbons (Fsp3) is 0.105. The molecule has 0 saturated heterocycles. The van der Waals surface area contributed by atoms with Gasteiger partial charge in [-0.25, -0.2) is 4.98 Å². The number of H-pyrrole nitrogens is 1. The molecular weight excluding hydrogens is 298 g/mol. The number of aromatic amines is 1. The molecule has 2 N–H and O–H groups in total. The topological polar surface area (TPSA) is 66.5 Å². The number of benzene rings is 2. The van der Waals surface area contributed by atoms with Gasteiger partial charge in [0.1, 0.15) is 5.82 Å². The van der Waals surface area contributed by atoms with E-state index in [-0.39, 0.29) is 0 Å². The third kappa shape index (κ3) is 2.44. The van der Waals surface area contributed by atoms with Crippen molar-refractivity contribution in [2.24, 2.45) is 0 Å². The average molecular weight is 313 g/mol. The van der Waals surface area contributed by atoms with Crippen molar-refractivity contribution in [2.45, 2.75) is 13.3 Å². The van der Waals surface area contributed by atoms with Gasteiger partial charge >= 0.3 is 0 Å². The summed E-state index contributed by atoms with van der Waals surface area (Å²) in [6.45, 7) is 1.96. The van der Waals surface area contributed by atoms with Crippen LogP contribution < -0.4 is 5.32 Å². The highest BCUT2D eigenvalue weighted by atomic mass is 15.2. The van der Waals surface area contributed by atoms with E-state index in [1.807, 2.05) is 43.3 Å². The van der Waals surface area contributed by atoms with Crippen LogP contribution in [0.25, 0.3) is 21.8 Å². The van der Waals surface area contributed by atoms with E-state index in [4.69, 9.17) is 6.42 Å². The minimum absolute atomic E-state index is 0.492. The van der Waals surface area contributed by atoms with Gasteiger partial charge in [-0.05, 0) is 25.1 Å². The molecule has 0 unspecified atom stereocenters. The van der Waals surface area contributed by atoms with Crippen LogP contribution in [0, 0.1) is 19.3 Å². The van der Waals surface area contributed by atoms with E-state index in [1.54, 1.807) is 0 Å². The SMILES string of the molecule is C#CCc1nc2ccc(Nc3nnc(C)c4ccccc34)cc2[nH]1. The molecule has 2 heterocycles. The summed E-state index contributed by atoms with van der Waals surface area (Å²) in [7, 11) is 0. The lowest BCUT2D eigenvalue weighted by molar-refractivity contribution is 1.01. The van der Waals surface area contributed by atoms with Gasteiger partial charge in [0, 0.05) is 16.5 Å². The molecule has 0 aliphatic rings. The number of imidazole rings is 1. The van der Waals surface area contributed by atoms with E-state index in [0.29, 0.717) is 6.42 Å². The third-order valence-corrected chi connectivity index (χ3v) is 3.94. The van der Waals surface area contributed by atoms with Crippen LogP contribution in [0.15, 0.2) is 42.5 Å². The van der Waals surface area contributed by atoms with Gasteiger partial charge in [0.05, 0.1) is 23.1 Å². The van der Waals surface area contributed by atoms with Crippen molar-refractivity contribution in [3.05, 3.63) is 54.0 Å². The predicted molar refractivity (Wildman–Crippen MR) is 96.2 cm³/mol. The van der Waals surface area contributed by atoms with Crippen LogP contribution in [-0.2, 0) is 6.42 Å². The number of nitrogens with one attached hydrogen (secondary N) is 2. The fourth-order valence-corrected chi connectivity index (χ4v) is 2.79. The number of terminal acetylenes is 1. The average Bonchev–Trinajstić information content (AvgIpc) is 3.00. The molecule has 0 fully saturated rings. The molecule has 0 atom stereocenters. The van der Waals surface area contributed by atoms with E-state index >= 15 is 0 Å². The zero-order valence-electron chi connectivity index (χ0n) is 13.2. The van der Waals surface area contributed by atoms with Crippen molar-refractivity contribution in [1.82, 2.24) is 20.2 Å². The Bertz CT molecular complexity index is 1090. The largest absolute Gasteiger partial charge is 0.341 e. The van der Waals surface area contributed by atoms with Crippen molar-refractivity contribution in [3.8, 4) is 12.3 Å². The Kier molecular flexibility index (Phi) is 3.36. The summed E-state index contributed by atoms with van der Waals surface area (Å²) < 4.78 is 0. The lowest BCUT2D eigenvalue weighted by atomic mass is 10.1. The summed E-state index contributed by atoms with van der Waals surface area (Å²) in [6, 6.07) is 14.0. The summed E-state index contributed by atoms with van der Waals surface area (Å²) >= 11 is 0. The van der Waals surface area contributed by atoms with Crippen molar-refractivity contribution in [3.63, 3.8) is 0 Å². The zero-order valence-corrected chi connectivity index (χ0v) is 13.2. The number of anilines is 2. The maximum atomic E-state index is 5.34. The quantitative estimate of drug-likeness (QED) is 0.566. The second-order valence-electron chi connectivity index (χ2n) is 5.60. The molecule has 5 heteroatoms. The molecule has 0 aliphatic heterocycles. The third-order valence-electron chi connectivity index (χ3n) is 3.94. The Labute approximate surface area is 139 Å². The summed E-state index contributed by atoms with van der Waals surface area (Å²) in [5.41, 5.74) is 3.67. The van der Waals surface area contributed by atoms with Gasteiger partial charge in [-0.3, -0.25) is 0 Å². The van der Waals surface area contributed by atoms with E-state index in [0.717, 1.165) is 44.8 Å². The highest BCUT2D eigenvalue weighted by molar-refractivity contribution is 5.94. The lowest BCUT2D eigenvalue weighted by Crippen LogP contribution is -1.98. The first-order chi connectivity index (χ1) is 11.7. The smallest absolute Gasteiger partial charge is 0.160 e. The number of hydrogen-bond acceptors (Lipinski definition) is 4. The molecule has 0 amide bonds. The van der Waals surface area contributed by atoms with Gasteiger partial charge in [0.15, 0.2) is 5.82 Å². The Hall–Kier alpha value is -3.39. The molecule has 0 spiro atoms. The molecule has 4 rings (SSSR count). The normalized spacial score (nSPS) is 10.8. The van der Waals surface area contributed by atoms with E-state index in [1.165, 1.54) is 0 Å². The van der Waals surface area contributed by atoms with Gasteiger partial charge in [0.2, 0.25) is 0 Å². The van der Waals surface area contributed by atoms with E-state index in [2.05, 4.69) is 37.5 Å². The number of aromatic nitrogens is 4. The molecule has 2 aromatic heterocycles. The molecule has 24 heavy (non-hydrogen) atoms. The second-order valence-corrected chi connectivity index (χ2v) is 5.60. The van der Waals surface area contributed by atoms with Gasteiger partial charge in [-0.15, -0.1) is 11.5 Å². The van der Waals surface area contributed by atoms with Crippen LogP contribution in [0.3, 0.4) is 0 Å². The lowest BCUT2D eigenvalue weighted by Gasteiger charge is -2.09. The minimum atomic E-state index is 0.492. The molecule has 0 aliphatic carbocycles. The maximum absolute atomic E-state index is 5.34. The second kappa shape index (κ2) is 5.67. The highest BCUT2D eigenvalue weighted by Gasteiger charge is 2.08. The van der Waals surface area contributed by atoms with E-state index < -0.39 is 0 Å². The first-order valence-corrected chi connectivity index (χ1v) is 7.66. The van der Waals surface area contributed by atoms with Crippen LogP contribution in [0.1, 0.15) is 11.5 Å². The molecule has 4 aromatic rings. The Morgan fingerprint density at radius 1 is 1.12 bits per heavy atom. The summed E-state index contributed by atoms with van der Waals surface area (Å²) in [5.74, 6) is 4.13. The minimum Gasteiger partial charge on any atom is -0.341 e. The van der Waals surface area contributed by atoms with Gasteiger partial charge in [-0.1, -0.05) is 30.2 Å². The number of fused-ring (bicyclic) bond motifs is 2. The summed E-state index contributed by atoms with van der Waals surface area (Å²) in [4.78, 5) is 7.70. The Morgan fingerprint density at radius 2 is 1.96 bits per heavy atom. The molecule has 2 aromatic carbocycles. The molecule has 0 bridgehead atoms. The number of hydrogen-bond donors (Lipinski definition) is 2. The first kappa shape index (κ1) is 14.2. The number of aryl methyl sites for hydroxylation is 1. The molecule has 0 saturated carbocycles. The first-order valence-electron chi connectivity index (χ1n) is 7.66. The van der Waals surface area contributed by atoms with Crippen LogP contribution >= 0.6 is 0 Å². The van der Waals surface area contributed by atoms with Crippen molar-refractivity contribution in [1.29, 1.82) is 0 Å². The molecule has 5 nitrogen and oxygen atoms in total. The number of nitrogens with zero attached hydrogens (tertiary/aromatic N) is 3. The van der Waals surface area contributed by atoms with Crippen molar-refractivity contribution >= 4 is 33.3 Å². The van der Waals surface area contributed by atoms with Gasteiger partial charge in [-0.2, -0.15) is 5.10 Å². The van der Waals surface area contributed by atoms with Gasteiger partial charge in [0.25, 0.3) is 0 Å². The van der Waals surface area contributed by atoms with Crippen molar-refractivity contribution < 1.29 is 0 Å². The van der Waals surface area contributed by atoms with Crippen LogP contribution in [0.2, 0.25) is 0 Å². The van der Waals surface area contributed by atoms with Crippen LogP contribution in [0.4, 0.5) is 11.5 Å².